The van der Waals surface area contributed by atoms with Crippen molar-refractivity contribution in [3.63, 3.8) is 0 Å². The minimum atomic E-state index is -0.392. The maximum absolute atomic E-state index is 11.5. The Balaban J connectivity index is 2.61. The normalized spacial score (nSPS) is 11.1. The van der Waals surface area contributed by atoms with Gasteiger partial charge in [0.2, 0.25) is 0 Å². The van der Waals surface area contributed by atoms with Crippen LogP contribution in [0.2, 0.25) is 0 Å². The van der Waals surface area contributed by atoms with Crippen molar-refractivity contribution in [1.82, 2.24) is 9.97 Å². The average Bonchev–Trinajstić information content (AvgIpc) is 2.55. The Kier molecular flexibility index (Phi) is 8.78. The Morgan fingerprint density at radius 2 is 2.05 bits per heavy atom. The first-order valence-corrected chi connectivity index (χ1v) is 7.16. The fraction of sp³-hybridized carbons (Fsp3) is 0.533. The zero-order valence-electron chi connectivity index (χ0n) is 13.2. The molecule has 122 valence electrons. The lowest BCUT2D eigenvalue weighted by Crippen LogP contribution is -2.24. The van der Waals surface area contributed by atoms with Crippen molar-refractivity contribution < 1.29 is 19.0 Å². The van der Waals surface area contributed by atoms with Crippen LogP contribution in [0.1, 0.15) is 25.5 Å². The molecule has 0 aliphatic carbocycles. The van der Waals surface area contributed by atoms with E-state index in [1.54, 1.807) is 32.7 Å². The molecule has 0 aliphatic heterocycles. The van der Waals surface area contributed by atoms with Gasteiger partial charge in [-0.05, 0) is 12.5 Å². The van der Waals surface area contributed by atoms with Gasteiger partial charge in [0, 0.05) is 32.7 Å². The van der Waals surface area contributed by atoms with Crippen molar-refractivity contribution in [3.8, 4) is 0 Å². The second kappa shape index (κ2) is 10.7. The molecule has 1 aromatic heterocycles. The van der Waals surface area contributed by atoms with Crippen LogP contribution in [0.4, 0.5) is 5.82 Å². The van der Waals surface area contributed by atoms with E-state index in [0.717, 1.165) is 12.8 Å². The van der Waals surface area contributed by atoms with E-state index in [-0.39, 0.29) is 0 Å². The Labute approximate surface area is 130 Å². The summed E-state index contributed by atoms with van der Waals surface area (Å²) in [7, 11) is 3.11. The third kappa shape index (κ3) is 6.64. The second-order valence-corrected chi connectivity index (χ2v) is 4.43. The molecule has 1 aromatic rings. The summed E-state index contributed by atoms with van der Waals surface area (Å²) in [6.07, 6.45) is 7.47. The van der Waals surface area contributed by atoms with Gasteiger partial charge in [-0.25, -0.2) is 9.78 Å². The van der Waals surface area contributed by atoms with Crippen LogP contribution in [-0.4, -0.2) is 49.6 Å². The summed E-state index contributed by atoms with van der Waals surface area (Å²) >= 11 is 0. The van der Waals surface area contributed by atoms with E-state index in [1.165, 1.54) is 6.08 Å². The molecule has 0 aliphatic rings. The van der Waals surface area contributed by atoms with Crippen LogP contribution in [0.25, 0.3) is 6.08 Å². The zero-order valence-corrected chi connectivity index (χ0v) is 13.2. The number of ether oxygens (including phenoxy) is 3. The van der Waals surface area contributed by atoms with Gasteiger partial charge in [0.1, 0.15) is 5.69 Å². The van der Waals surface area contributed by atoms with Crippen molar-refractivity contribution in [1.29, 1.82) is 0 Å². The van der Waals surface area contributed by atoms with E-state index in [0.29, 0.717) is 24.7 Å². The Hall–Kier alpha value is -1.99. The third-order valence-electron chi connectivity index (χ3n) is 2.81. The summed E-state index contributed by atoms with van der Waals surface area (Å²) in [5.74, 6) is 0.149. The summed E-state index contributed by atoms with van der Waals surface area (Å²) in [5, 5.41) is 3.06. The number of unbranched alkanes of at least 4 members (excludes halogenated alkanes) is 1. The Morgan fingerprint density at radius 1 is 1.32 bits per heavy atom. The highest BCUT2D eigenvalue weighted by Gasteiger charge is 2.08. The summed E-state index contributed by atoms with van der Waals surface area (Å²) in [4.78, 5) is 19.9. The second-order valence-electron chi connectivity index (χ2n) is 4.43. The van der Waals surface area contributed by atoms with Crippen molar-refractivity contribution in [2.45, 2.75) is 26.1 Å². The number of carbonyl (C=O) groups is 1. The van der Waals surface area contributed by atoms with Gasteiger partial charge in [-0.3, -0.25) is 4.98 Å². The minimum absolute atomic E-state index is 0.391. The lowest BCUT2D eigenvalue weighted by atomic mass is 10.3. The first kappa shape index (κ1) is 18.1. The zero-order chi connectivity index (χ0) is 16.2. The smallest absolute Gasteiger partial charge is 0.330 e. The molecular formula is C15H23N3O4. The van der Waals surface area contributed by atoms with Gasteiger partial charge < -0.3 is 19.5 Å². The monoisotopic (exact) mass is 309 g/mol. The SMILES string of the molecule is CCCCOC(=O)/C=C/c1nccnc1NCC(OC)OC. The quantitative estimate of drug-likeness (QED) is 0.306. The number of methoxy groups -OCH3 is 2. The van der Waals surface area contributed by atoms with Crippen LogP contribution in [-0.2, 0) is 19.0 Å². The average molecular weight is 309 g/mol. The summed E-state index contributed by atoms with van der Waals surface area (Å²) in [5.41, 5.74) is 0.542. The first-order valence-electron chi connectivity index (χ1n) is 7.16. The fourth-order valence-electron chi connectivity index (χ4n) is 1.56. The maximum Gasteiger partial charge on any atom is 0.330 e. The molecule has 1 rings (SSSR count). The number of rotatable bonds is 10. The molecular weight excluding hydrogens is 286 g/mol. The number of hydrogen-bond donors (Lipinski definition) is 1. The van der Waals surface area contributed by atoms with Crippen LogP contribution in [0.3, 0.4) is 0 Å². The van der Waals surface area contributed by atoms with Gasteiger partial charge in [0.05, 0.1) is 13.2 Å². The molecule has 0 fully saturated rings. The molecule has 7 heteroatoms. The molecule has 0 radical (unpaired) electrons. The third-order valence-corrected chi connectivity index (χ3v) is 2.81. The maximum atomic E-state index is 11.5. The molecule has 0 atom stereocenters. The van der Waals surface area contributed by atoms with Crippen molar-refractivity contribution in [2.75, 3.05) is 32.7 Å². The van der Waals surface area contributed by atoms with Crippen LogP contribution in [0.15, 0.2) is 18.5 Å². The number of nitrogens with zero attached hydrogens (tertiary/aromatic N) is 2. The largest absolute Gasteiger partial charge is 0.463 e. The number of esters is 1. The molecule has 0 bridgehead atoms. The van der Waals surface area contributed by atoms with Gasteiger partial charge in [-0.1, -0.05) is 13.3 Å². The topological polar surface area (TPSA) is 82.6 Å². The number of carbonyl (C=O) groups excluding carboxylic acids is 1. The fourth-order valence-corrected chi connectivity index (χ4v) is 1.56. The Bertz CT molecular complexity index is 476. The lowest BCUT2D eigenvalue weighted by molar-refractivity contribution is -0.137. The molecule has 0 aromatic carbocycles. The van der Waals surface area contributed by atoms with Crippen LogP contribution in [0.5, 0.6) is 0 Å². The van der Waals surface area contributed by atoms with Crippen molar-refractivity contribution in [2.24, 2.45) is 0 Å². The van der Waals surface area contributed by atoms with Gasteiger partial charge in [-0.15, -0.1) is 0 Å². The molecule has 0 unspecified atom stereocenters. The van der Waals surface area contributed by atoms with Gasteiger partial charge >= 0.3 is 5.97 Å². The molecule has 22 heavy (non-hydrogen) atoms. The molecule has 0 saturated carbocycles. The van der Waals surface area contributed by atoms with E-state index in [1.807, 2.05) is 6.92 Å². The summed E-state index contributed by atoms with van der Waals surface area (Å²) in [6.45, 7) is 2.87. The molecule has 0 saturated heterocycles. The predicted molar refractivity (Wildman–Crippen MR) is 83.2 cm³/mol. The van der Waals surface area contributed by atoms with Crippen molar-refractivity contribution >= 4 is 17.9 Å². The number of nitrogens with one attached hydrogen (secondary N) is 1. The Morgan fingerprint density at radius 3 is 2.73 bits per heavy atom. The molecule has 0 spiro atoms. The highest BCUT2D eigenvalue weighted by Crippen LogP contribution is 2.10. The molecule has 0 amide bonds. The molecule has 1 heterocycles. The van der Waals surface area contributed by atoms with E-state index in [2.05, 4.69) is 15.3 Å². The van der Waals surface area contributed by atoms with E-state index in [9.17, 15) is 4.79 Å². The molecule has 7 nitrogen and oxygen atoms in total. The standard InChI is InChI=1S/C15H23N3O4/c1-4-5-10-22-13(19)7-6-12-15(17-9-8-16-12)18-11-14(20-2)21-3/h6-9,14H,4-5,10-11H2,1-3H3,(H,17,18)/b7-6+. The summed E-state index contributed by atoms with van der Waals surface area (Å²) < 4.78 is 15.2. The lowest BCUT2D eigenvalue weighted by Gasteiger charge is -2.15. The van der Waals surface area contributed by atoms with E-state index >= 15 is 0 Å². The number of anilines is 1. The van der Waals surface area contributed by atoms with E-state index < -0.39 is 12.3 Å². The van der Waals surface area contributed by atoms with Gasteiger partial charge in [0.15, 0.2) is 12.1 Å². The number of hydrogen-bond acceptors (Lipinski definition) is 7. The first-order chi connectivity index (χ1) is 10.7. The molecule has 1 N–H and O–H groups in total. The highest BCUT2D eigenvalue weighted by molar-refractivity contribution is 5.87. The summed E-state index contributed by atoms with van der Waals surface area (Å²) in [6, 6.07) is 0. The van der Waals surface area contributed by atoms with Gasteiger partial charge in [0.25, 0.3) is 0 Å². The minimum Gasteiger partial charge on any atom is -0.463 e. The van der Waals surface area contributed by atoms with Crippen molar-refractivity contribution in [3.05, 3.63) is 24.2 Å². The van der Waals surface area contributed by atoms with Crippen LogP contribution >= 0.6 is 0 Å². The van der Waals surface area contributed by atoms with E-state index in [4.69, 9.17) is 14.2 Å². The predicted octanol–water partition coefficient (Wildman–Crippen LogP) is 1.86. The van der Waals surface area contributed by atoms with Gasteiger partial charge in [-0.2, -0.15) is 0 Å². The van der Waals surface area contributed by atoms with Crippen LogP contribution in [0, 0.1) is 0 Å². The van der Waals surface area contributed by atoms with Crippen LogP contribution < -0.4 is 5.32 Å². The highest BCUT2D eigenvalue weighted by atomic mass is 16.7. The number of aromatic nitrogens is 2.